The number of nitrogens with zero attached hydrogens (tertiary/aromatic N) is 1. The second-order valence-corrected chi connectivity index (χ2v) is 8.25. The van der Waals surface area contributed by atoms with Crippen LogP contribution in [0.3, 0.4) is 0 Å². The molecule has 5 heterocycles. The second-order valence-electron chi connectivity index (χ2n) is 8.25. The number of aryl methyl sites for hydroxylation is 1. The Balaban J connectivity index is 1.35. The van der Waals surface area contributed by atoms with Crippen LogP contribution in [0.15, 0.2) is 18.3 Å². The molecule has 0 saturated carbocycles. The van der Waals surface area contributed by atoms with Crippen LogP contribution in [-0.4, -0.2) is 48.2 Å². The number of hydrogen-bond acceptors (Lipinski definition) is 3. The summed E-state index contributed by atoms with van der Waals surface area (Å²) >= 11 is 0. The zero-order chi connectivity index (χ0) is 16.8. The van der Waals surface area contributed by atoms with Crippen molar-refractivity contribution in [2.45, 2.75) is 51.1 Å². The lowest BCUT2D eigenvalue weighted by Gasteiger charge is -2.46. The maximum atomic E-state index is 5.88. The van der Waals surface area contributed by atoms with Crippen LogP contribution in [0, 0.1) is 5.92 Å². The number of benzene rings is 1. The van der Waals surface area contributed by atoms with Crippen LogP contribution in [0.2, 0.25) is 0 Å². The average molecular weight is 339 g/mol. The molecule has 0 amide bonds. The van der Waals surface area contributed by atoms with Crippen molar-refractivity contribution in [2.75, 3.05) is 26.2 Å². The highest BCUT2D eigenvalue weighted by Gasteiger charge is 2.34. The normalized spacial score (nSPS) is 29.4. The first kappa shape index (κ1) is 15.7. The predicted octanol–water partition coefficient (Wildman–Crippen LogP) is 3.11. The molecule has 3 fully saturated rings. The van der Waals surface area contributed by atoms with Gasteiger partial charge in [-0.25, -0.2) is 0 Å². The van der Waals surface area contributed by atoms with Gasteiger partial charge in [0.2, 0.25) is 0 Å². The molecule has 134 valence electrons. The van der Waals surface area contributed by atoms with Crippen LogP contribution in [0.1, 0.15) is 37.3 Å². The number of hydrogen-bond donors (Lipinski definition) is 2. The highest BCUT2D eigenvalue weighted by Crippen LogP contribution is 2.34. The molecule has 1 aromatic carbocycles. The number of aromatic nitrogens is 1. The van der Waals surface area contributed by atoms with Crippen LogP contribution in [0.4, 0.5) is 0 Å². The fourth-order valence-electron chi connectivity index (χ4n) is 5.24. The minimum atomic E-state index is 0.505. The van der Waals surface area contributed by atoms with Crippen molar-refractivity contribution in [1.29, 1.82) is 0 Å². The van der Waals surface area contributed by atoms with Crippen LogP contribution in [-0.2, 0) is 12.8 Å². The van der Waals surface area contributed by atoms with E-state index in [9.17, 15) is 0 Å². The Morgan fingerprint density at radius 1 is 1.32 bits per heavy atom. The Hall–Kier alpha value is -1.52. The van der Waals surface area contributed by atoms with E-state index in [0.29, 0.717) is 12.1 Å². The van der Waals surface area contributed by atoms with Crippen molar-refractivity contribution in [3.63, 3.8) is 0 Å². The van der Waals surface area contributed by atoms with Crippen LogP contribution in [0.25, 0.3) is 10.9 Å². The molecule has 2 N–H and O–H groups in total. The van der Waals surface area contributed by atoms with Gasteiger partial charge in [0.05, 0.1) is 6.61 Å². The number of nitrogens with one attached hydrogen (secondary N) is 2. The largest absolute Gasteiger partial charge is 0.493 e. The van der Waals surface area contributed by atoms with Gasteiger partial charge in [-0.1, -0.05) is 0 Å². The SMILES string of the molecule is CC(Cc1c[nH]c2ccc3c(c12)CCCO3)N[C@@H]1CN2CCC1CC2. The lowest BCUT2D eigenvalue weighted by molar-refractivity contribution is 0.0681. The van der Waals surface area contributed by atoms with Crippen molar-refractivity contribution in [2.24, 2.45) is 5.92 Å². The monoisotopic (exact) mass is 339 g/mol. The Kier molecular flexibility index (Phi) is 3.98. The third-order valence-electron chi connectivity index (χ3n) is 6.50. The molecule has 4 aliphatic rings. The molecule has 2 atom stereocenters. The van der Waals surface area contributed by atoms with E-state index in [1.165, 1.54) is 54.5 Å². The molecule has 3 saturated heterocycles. The maximum Gasteiger partial charge on any atom is 0.123 e. The highest BCUT2D eigenvalue weighted by molar-refractivity contribution is 5.89. The van der Waals surface area contributed by atoms with E-state index in [1.54, 1.807) is 0 Å². The standard InChI is InChI=1S/C21H29N3O/c1-14(23-19-13-24-8-6-15(19)7-9-24)11-16-12-22-18-4-5-20-17(21(16)18)3-2-10-25-20/h4-5,12,14-15,19,22-23H,2-3,6-11,13H2,1H3/t14?,19-/m1/s1. The first-order chi connectivity index (χ1) is 12.3. The summed E-state index contributed by atoms with van der Waals surface area (Å²) in [5.74, 6) is 1.98. The van der Waals surface area contributed by atoms with Crippen molar-refractivity contribution in [3.8, 4) is 5.75 Å². The number of aromatic amines is 1. The van der Waals surface area contributed by atoms with Gasteiger partial charge in [0, 0.05) is 41.3 Å². The van der Waals surface area contributed by atoms with Gasteiger partial charge in [-0.3, -0.25) is 0 Å². The van der Waals surface area contributed by atoms with Gasteiger partial charge in [-0.05, 0) is 75.7 Å². The molecule has 0 spiro atoms. The first-order valence-electron chi connectivity index (χ1n) is 10.0. The average Bonchev–Trinajstić information content (AvgIpc) is 3.06. The molecule has 1 unspecified atom stereocenters. The third-order valence-corrected chi connectivity index (χ3v) is 6.50. The van der Waals surface area contributed by atoms with E-state index in [1.807, 2.05) is 0 Å². The molecule has 4 nitrogen and oxygen atoms in total. The van der Waals surface area contributed by atoms with E-state index < -0.39 is 0 Å². The number of ether oxygens (including phenoxy) is 1. The van der Waals surface area contributed by atoms with Gasteiger partial charge in [0.15, 0.2) is 0 Å². The molecule has 1 aromatic heterocycles. The first-order valence-corrected chi connectivity index (χ1v) is 10.0. The molecule has 4 heteroatoms. The van der Waals surface area contributed by atoms with Gasteiger partial charge >= 0.3 is 0 Å². The summed E-state index contributed by atoms with van der Waals surface area (Å²) in [6.07, 6.45) is 8.32. The van der Waals surface area contributed by atoms with E-state index in [2.05, 4.69) is 40.5 Å². The zero-order valence-electron chi connectivity index (χ0n) is 15.2. The molecule has 0 radical (unpaired) electrons. The highest BCUT2D eigenvalue weighted by atomic mass is 16.5. The Labute approximate surface area is 149 Å². The van der Waals surface area contributed by atoms with Crippen LogP contribution < -0.4 is 10.1 Å². The topological polar surface area (TPSA) is 40.3 Å². The van der Waals surface area contributed by atoms with Crippen molar-refractivity contribution >= 4 is 10.9 Å². The maximum absolute atomic E-state index is 5.88. The Morgan fingerprint density at radius 2 is 2.20 bits per heavy atom. The van der Waals surface area contributed by atoms with Crippen molar-refractivity contribution < 1.29 is 4.74 Å². The number of fused-ring (bicyclic) bond motifs is 6. The van der Waals surface area contributed by atoms with E-state index in [4.69, 9.17) is 4.74 Å². The molecule has 25 heavy (non-hydrogen) atoms. The summed E-state index contributed by atoms with van der Waals surface area (Å²) in [6.45, 7) is 7.07. The summed E-state index contributed by atoms with van der Waals surface area (Å²) in [7, 11) is 0. The van der Waals surface area contributed by atoms with Crippen LogP contribution >= 0.6 is 0 Å². The Bertz CT molecular complexity index is 760. The van der Waals surface area contributed by atoms with Gasteiger partial charge < -0.3 is 19.9 Å². The second kappa shape index (κ2) is 6.33. The lowest BCUT2D eigenvalue weighted by atomic mass is 9.83. The summed E-state index contributed by atoms with van der Waals surface area (Å²) in [4.78, 5) is 6.11. The summed E-state index contributed by atoms with van der Waals surface area (Å²) in [5, 5.41) is 5.36. The van der Waals surface area contributed by atoms with Crippen molar-refractivity contribution in [1.82, 2.24) is 15.2 Å². The molecule has 6 rings (SSSR count). The van der Waals surface area contributed by atoms with E-state index in [-0.39, 0.29) is 0 Å². The van der Waals surface area contributed by atoms with Gasteiger partial charge in [-0.2, -0.15) is 0 Å². The molecule has 4 aliphatic heterocycles. The van der Waals surface area contributed by atoms with Gasteiger partial charge in [0.25, 0.3) is 0 Å². The summed E-state index contributed by atoms with van der Waals surface area (Å²) in [5.41, 5.74) is 4.11. The van der Waals surface area contributed by atoms with Crippen LogP contribution in [0.5, 0.6) is 5.75 Å². The quantitative estimate of drug-likeness (QED) is 0.899. The molecule has 0 aliphatic carbocycles. The van der Waals surface area contributed by atoms with E-state index >= 15 is 0 Å². The molecular weight excluding hydrogens is 310 g/mol. The fourth-order valence-corrected chi connectivity index (χ4v) is 5.24. The molecule has 2 aromatic rings. The third kappa shape index (κ3) is 2.85. The fraction of sp³-hybridized carbons (Fsp3) is 0.619. The van der Waals surface area contributed by atoms with E-state index in [0.717, 1.165) is 37.5 Å². The number of rotatable bonds is 4. The smallest absolute Gasteiger partial charge is 0.123 e. The number of H-pyrrole nitrogens is 1. The molecule has 2 bridgehead atoms. The minimum absolute atomic E-state index is 0.505. The summed E-state index contributed by atoms with van der Waals surface area (Å²) < 4.78 is 5.88. The van der Waals surface area contributed by atoms with Gasteiger partial charge in [0.1, 0.15) is 5.75 Å². The lowest BCUT2D eigenvalue weighted by Crippen LogP contribution is -2.57. The predicted molar refractivity (Wildman–Crippen MR) is 101 cm³/mol. The number of piperidine rings is 3. The zero-order valence-corrected chi connectivity index (χ0v) is 15.2. The molecular formula is C21H29N3O. The van der Waals surface area contributed by atoms with Crippen molar-refractivity contribution in [3.05, 3.63) is 29.5 Å². The van der Waals surface area contributed by atoms with Gasteiger partial charge in [-0.15, -0.1) is 0 Å². The summed E-state index contributed by atoms with van der Waals surface area (Å²) in [6, 6.07) is 5.49. The minimum Gasteiger partial charge on any atom is -0.493 e. The Morgan fingerprint density at radius 3 is 3.00 bits per heavy atom.